The molecule has 9 heterocycles. The SMILES string of the molecule is CC(=O)Nc1cccc(Oc2ncc(C(N)=O)c(NC3CCC3)n2)c1.CCOC(=O)c1c[nH]c(=O)[nH]c1=O.CCOC(=O)c1cnc(Cl)nc1Cl.CCOC(=O)c1cnc(Cl)nc1NC1CCC1.NC(=O)c1cnc(On2nnc3ccccc32)nc1NC1CCC1.O=C(Cl)c1c[nH]c(=O)[nH]c1=O.O=C(O)c1c[nH]c(=O)[nH]c1=O.O=C(O)c1cnc(Cl)nc1NC1CCC1. The van der Waals surface area contributed by atoms with Crippen molar-refractivity contribution in [3.05, 3.63) is 226 Å². The number of hydrogen-bond donors (Lipinski definition) is 15. The lowest BCUT2D eigenvalue weighted by molar-refractivity contribution is -0.114. The zero-order valence-electron chi connectivity index (χ0n) is 68.1. The Morgan fingerprint density at radius 2 is 0.868 bits per heavy atom. The van der Waals surface area contributed by atoms with Gasteiger partial charge in [-0.15, -0.1) is 5.10 Å². The average Bonchev–Trinajstić information content (AvgIpc) is 1.71. The van der Waals surface area contributed by atoms with Gasteiger partial charge in [-0.2, -0.15) is 19.9 Å². The fourth-order valence-electron chi connectivity index (χ4n) is 10.4. The summed E-state index contributed by atoms with van der Waals surface area (Å²) in [4.78, 5) is 221. The number of hydrogen-bond acceptors (Lipinski definition) is 36. The summed E-state index contributed by atoms with van der Waals surface area (Å²) < 4.78 is 19.9. The highest BCUT2D eigenvalue weighted by atomic mass is 35.5. The van der Waals surface area contributed by atoms with E-state index in [-0.39, 0.29) is 97.6 Å². The van der Waals surface area contributed by atoms with Gasteiger partial charge in [0.25, 0.3) is 33.7 Å². The van der Waals surface area contributed by atoms with Crippen LogP contribution in [-0.2, 0) is 19.0 Å². The van der Waals surface area contributed by atoms with Crippen LogP contribution in [0.25, 0.3) is 11.0 Å². The number of carbonyl (C=O) groups excluding carboxylic acids is 7. The van der Waals surface area contributed by atoms with Crippen molar-refractivity contribution in [2.45, 2.75) is 129 Å². The standard InChI is InChI=1S/C17H19N5O3.C15H15N7O2.C11H14ClN3O2.C9H10ClN3O2.C7H6Cl2N2O2.C7H8N2O4.C5H3ClN2O3.C5H4N2O4/c1-10(23)20-12-6-3-7-13(8-12)25-17-19-9-14(15(18)24)16(22-17)21-11-4-2-5-11;16-13(23)10-8-17-15(19-14(10)18-9-4-3-5-9)24-22-12-7-2-1-6-11(12)20-21-22;1-2-17-10(16)8-6-13-11(12)15-9(8)14-7-4-3-5-7;10-9-11-4-6(8(14)15)7(13-9)12-5-2-1-3-5;1-2-13-6(12)4-3-10-7(9)11-5(4)8;1-2-13-6(11)4-3-8-7(12)9-5(4)10;6-3(9)2-1-7-5(11)8-4(2)10;8-3-2(4(9)10)1-6-5(11)7-3/h3,6-9,11H,2,4-5H2,1H3,(H2,18,24)(H,20,23)(H,19,21,22);1-2,6-9H,3-5H2,(H2,16,23)(H,17,18,19);6-7H,2-5H2,1H3,(H,13,14,15);4-5H,1-3H2,(H,14,15)(H,11,12,13);3H,2H2,1H3;3H,2H2,1H3,(H2,8,9,10,12);1H,(H2,7,8,10,11);1H,(H,9,10)(H2,6,7,8,11). The summed E-state index contributed by atoms with van der Waals surface area (Å²) >= 11 is 27.4. The zero-order chi connectivity index (χ0) is 94.0. The van der Waals surface area contributed by atoms with E-state index in [1.165, 1.54) is 55.6 Å². The summed E-state index contributed by atoms with van der Waals surface area (Å²) in [6.07, 6.45) is 22.4. The number of carboxylic acids is 2. The van der Waals surface area contributed by atoms with Crippen molar-refractivity contribution in [1.82, 2.24) is 94.9 Å². The predicted octanol–water partition coefficient (Wildman–Crippen LogP) is 6.88. The third-order valence-corrected chi connectivity index (χ3v) is 18.6. The van der Waals surface area contributed by atoms with Crippen molar-refractivity contribution in [3.63, 3.8) is 0 Å². The van der Waals surface area contributed by atoms with Gasteiger partial charge in [-0.3, -0.25) is 48.5 Å². The second-order valence-electron chi connectivity index (χ2n) is 26.6. The Morgan fingerprint density at radius 1 is 0.473 bits per heavy atom. The number of primary amides is 2. The van der Waals surface area contributed by atoms with Crippen LogP contribution in [-0.4, -0.2) is 202 Å². The fraction of sp³-hybridized carbons (Fsp3) is 0.303. The number of para-hydroxylation sites is 1. The molecule has 48 nitrogen and oxygen atoms in total. The number of anilines is 5. The molecule has 9 aromatic heterocycles. The number of carbonyl (C=O) groups is 9. The Hall–Kier alpha value is -15.0. The van der Waals surface area contributed by atoms with Crippen molar-refractivity contribution in [2.75, 3.05) is 46.4 Å². The number of aromatic carboxylic acids is 2. The molecule has 53 heteroatoms. The van der Waals surface area contributed by atoms with Gasteiger partial charge in [0.1, 0.15) is 89.7 Å². The minimum Gasteiger partial charge on any atom is -0.477 e. The van der Waals surface area contributed by atoms with Crippen LogP contribution in [0.5, 0.6) is 17.8 Å². The number of amides is 3. The minimum absolute atomic E-state index is 0.00144. The Morgan fingerprint density at radius 3 is 1.29 bits per heavy atom. The Balaban J connectivity index is 0.000000186. The molecule has 4 aliphatic carbocycles. The van der Waals surface area contributed by atoms with Crippen LogP contribution in [0.4, 0.5) is 29.0 Å². The lowest BCUT2D eigenvalue weighted by atomic mass is 9.93. The molecule has 0 saturated heterocycles. The van der Waals surface area contributed by atoms with Crippen LogP contribution in [0.15, 0.2) is 127 Å². The van der Waals surface area contributed by atoms with Crippen molar-refractivity contribution < 1.29 is 77.1 Å². The smallest absolute Gasteiger partial charge is 0.347 e. The molecule has 2 aromatic carbocycles. The van der Waals surface area contributed by atoms with Crippen molar-refractivity contribution >= 4 is 151 Å². The van der Waals surface area contributed by atoms with Gasteiger partial charge >= 0.3 is 58.9 Å². The van der Waals surface area contributed by atoms with Crippen molar-refractivity contribution in [1.29, 1.82) is 0 Å². The maximum atomic E-state index is 11.7. The Labute approximate surface area is 749 Å². The third-order valence-electron chi connectivity index (χ3n) is 17.5. The van der Waals surface area contributed by atoms with Crippen LogP contribution < -0.4 is 81.4 Å². The molecular formula is C76H79Cl5N26O22. The first-order valence-electron chi connectivity index (χ1n) is 38.4. The van der Waals surface area contributed by atoms with Gasteiger partial charge in [-0.1, -0.05) is 34.6 Å². The van der Waals surface area contributed by atoms with E-state index >= 15 is 0 Å². The van der Waals surface area contributed by atoms with Gasteiger partial charge < -0.3 is 87.0 Å². The molecule has 0 spiro atoms. The van der Waals surface area contributed by atoms with Gasteiger partial charge in [0.05, 0.1) is 19.8 Å². The normalized spacial score (nSPS) is 12.7. The molecule has 0 aliphatic heterocycles. The monoisotopic (exact) mass is 1880 g/mol. The highest BCUT2D eigenvalue weighted by Crippen LogP contribution is 2.31. The van der Waals surface area contributed by atoms with E-state index in [0.717, 1.165) is 82.8 Å². The largest absolute Gasteiger partial charge is 0.477 e. The second kappa shape index (κ2) is 49.0. The summed E-state index contributed by atoms with van der Waals surface area (Å²) in [6.45, 7) is 7.28. The molecule has 15 rings (SSSR count). The van der Waals surface area contributed by atoms with Crippen LogP contribution >= 0.6 is 58.0 Å². The molecule has 4 saturated carbocycles. The lowest BCUT2D eigenvalue weighted by Crippen LogP contribution is -2.29. The summed E-state index contributed by atoms with van der Waals surface area (Å²) in [5.74, 6) is -3.51. The van der Waals surface area contributed by atoms with Gasteiger partial charge in [0.15, 0.2) is 0 Å². The average molecular weight is 1890 g/mol. The highest BCUT2D eigenvalue weighted by molar-refractivity contribution is 6.67. The summed E-state index contributed by atoms with van der Waals surface area (Å²) in [5, 5.41) is 39.7. The van der Waals surface area contributed by atoms with Crippen LogP contribution in [0.2, 0.25) is 21.0 Å². The number of nitrogens with one attached hydrogen (secondary N) is 11. The minimum atomic E-state index is -1.37. The molecule has 4 aliphatic rings. The number of benzene rings is 2. The third kappa shape index (κ3) is 31.0. The van der Waals surface area contributed by atoms with E-state index in [1.807, 2.05) is 39.2 Å². The number of aromatic nitrogens is 19. The van der Waals surface area contributed by atoms with E-state index in [4.69, 9.17) is 98.7 Å². The number of nitrogens with zero attached hydrogens (tertiary/aromatic N) is 13. The molecule has 0 atom stereocenters. The van der Waals surface area contributed by atoms with E-state index in [2.05, 4.69) is 101 Å². The van der Waals surface area contributed by atoms with Crippen molar-refractivity contribution in [2.24, 2.45) is 11.5 Å². The van der Waals surface area contributed by atoms with Gasteiger partial charge in [-0.25, -0.2) is 68.3 Å². The van der Waals surface area contributed by atoms with E-state index in [9.17, 15) is 71.9 Å². The Kier molecular flexibility index (Phi) is 37.8. The zero-order valence-corrected chi connectivity index (χ0v) is 71.9. The predicted molar refractivity (Wildman–Crippen MR) is 462 cm³/mol. The maximum Gasteiger partial charge on any atom is 0.347 e. The molecule has 129 heavy (non-hydrogen) atoms. The number of esters is 3. The van der Waals surface area contributed by atoms with E-state index in [1.54, 1.807) is 50.0 Å². The number of nitrogens with two attached hydrogens (primary N) is 2. The first-order valence-corrected chi connectivity index (χ1v) is 40.3. The highest BCUT2D eigenvalue weighted by Gasteiger charge is 2.27. The topological polar surface area (TPSA) is 709 Å². The number of halogens is 5. The molecule has 680 valence electrons. The molecule has 11 aromatic rings. The number of H-pyrrole nitrogens is 6. The molecule has 17 N–H and O–H groups in total. The van der Waals surface area contributed by atoms with Gasteiger partial charge in [0, 0.05) is 92.4 Å². The first kappa shape index (κ1) is 99.4. The van der Waals surface area contributed by atoms with E-state index in [0.29, 0.717) is 70.0 Å². The molecule has 0 radical (unpaired) electrons. The fourth-order valence-corrected chi connectivity index (χ4v) is 11.2. The molecular weight excluding hydrogens is 1810 g/mol. The summed E-state index contributed by atoms with van der Waals surface area (Å²) in [6, 6.07) is 15.6. The molecule has 0 unspecified atom stereocenters. The second-order valence-corrected chi connectivity index (χ2v) is 28.4. The maximum absolute atomic E-state index is 11.7. The molecule has 0 bridgehead atoms. The van der Waals surface area contributed by atoms with Gasteiger partial charge in [-0.05, 0) is 174 Å². The number of ether oxygens (including phenoxy) is 4. The van der Waals surface area contributed by atoms with E-state index < -0.39 is 86.2 Å². The number of fused-ring (bicyclic) bond motifs is 1. The number of rotatable bonds is 24. The molecule has 3 amide bonds. The van der Waals surface area contributed by atoms with Crippen LogP contribution in [0, 0.1) is 0 Å². The summed E-state index contributed by atoms with van der Waals surface area (Å²) in [5.41, 5.74) is 8.28. The first-order chi connectivity index (χ1) is 61.6. The Bertz CT molecular complexity index is 6160. The van der Waals surface area contributed by atoms with Crippen LogP contribution in [0.3, 0.4) is 0 Å². The van der Waals surface area contributed by atoms with Crippen LogP contribution in [0.1, 0.15) is 188 Å². The quantitative estimate of drug-likeness (QED) is 0.00962. The summed E-state index contributed by atoms with van der Waals surface area (Å²) in [7, 11) is 0. The molecule has 4 fully saturated rings. The van der Waals surface area contributed by atoms with Crippen molar-refractivity contribution in [3.8, 4) is 17.8 Å². The number of aromatic amines is 6. The van der Waals surface area contributed by atoms with Gasteiger partial charge in [0.2, 0.25) is 21.8 Å². The number of carboxylic acid groups (broad SMARTS) is 2. The lowest BCUT2D eigenvalue weighted by Gasteiger charge is -2.27.